The largest absolute Gasteiger partial charge is 0.741 e. The molecule has 8 nitrogen and oxygen atoms in total. The molecular weight excluding hydrogens is 1240 g/mol. The van der Waals surface area contributed by atoms with E-state index in [1.165, 1.54) is 112 Å². The van der Waals surface area contributed by atoms with E-state index in [0.29, 0.717) is 0 Å². The first-order valence-electron chi connectivity index (χ1n) is 29.9. The fraction of sp³-hybridized carbons (Fsp3) is 0.0769. The molecule has 470 valence electrons. The van der Waals surface area contributed by atoms with Gasteiger partial charge in [-0.15, -0.1) is 0 Å². The molecule has 0 aliphatic carbocycles. The van der Waals surface area contributed by atoms with Crippen LogP contribution in [0.25, 0.3) is 69.1 Å². The number of benzene rings is 9. The minimum Gasteiger partial charge on any atom is -0.741 e. The molecule has 0 unspecified atom stereocenters. The molecule has 0 saturated carbocycles. The average molecular weight is 1300 g/mol. The van der Waals surface area contributed by atoms with Gasteiger partial charge in [0.2, 0.25) is 22.8 Å². The van der Waals surface area contributed by atoms with Gasteiger partial charge in [-0.25, -0.2) is 16.8 Å². The van der Waals surface area contributed by atoms with Crippen LogP contribution in [0.5, 0.6) is 0 Å². The van der Waals surface area contributed by atoms with Gasteiger partial charge in [-0.2, -0.15) is 35.5 Å². The summed E-state index contributed by atoms with van der Waals surface area (Å²) in [6.45, 7) is 1.86. The summed E-state index contributed by atoms with van der Waals surface area (Å²) in [5, 5.41) is 0. The molecule has 0 fully saturated rings. The van der Waals surface area contributed by atoms with Crippen molar-refractivity contribution in [1.29, 1.82) is 0 Å². The normalized spacial score (nSPS) is 12.6. The van der Waals surface area contributed by atoms with Gasteiger partial charge >= 0.3 is 11.0 Å². The number of rotatable bonds is 12. The van der Waals surface area contributed by atoms with Crippen LogP contribution >= 0.6 is 0 Å². The standard InChI is InChI=1S/C76H58N2.2CHF3O3S/c1-7-21-57(22-8-1)71(58-23-9-2-10-24-58)73(61-29-15-5-16-30-61)63-43-37-55(38-44-63)41-49-67-33-19-35-69-75-65(51-53-77(67)69)47-48-66-52-54-78-68(34-20-36-70(78)76(66)75)50-42-56-39-45-64(46-40-56)74(62-31-17-6-18-32-62)72(59-25-11-3-12-26-59)60-27-13-4-14-28-60;2*2-1(3,4)8(5,6)7/h1-50H,51-54H2;2*(H,5,6,7)/q+2;;/p-2/b49-41+,50-42+;;. The lowest BCUT2D eigenvalue weighted by molar-refractivity contribution is -0.691. The average Bonchev–Trinajstić information content (AvgIpc) is 0.738. The van der Waals surface area contributed by atoms with E-state index in [-0.39, 0.29) is 0 Å². The minimum atomic E-state index is -6.09. The first-order chi connectivity index (χ1) is 45.2. The number of pyridine rings is 2. The lowest BCUT2D eigenvalue weighted by atomic mass is 9.85. The summed E-state index contributed by atoms with van der Waals surface area (Å²) in [6.07, 6.45) is 11.1. The summed E-state index contributed by atoms with van der Waals surface area (Å²) in [7, 11) is -12.2. The maximum atomic E-state index is 10.7. The van der Waals surface area contributed by atoms with Crippen LogP contribution in [0.1, 0.15) is 78.1 Å². The van der Waals surface area contributed by atoms with Gasteiger partial charge in [-0.3, -0.25) is 0 Å². The van der Waals surface area contributed by atoms with Gasteiger partial charge in [0, 0.05) is 49.3 Å². The molecule has 0 bridgehead atoms. The summed E-state index contributed by atoms with van der Waals surface area (Å²) in [5.41, 5.74) is 16.0. The minimum absolute atomic E-state index is 0.928. The van der Waals surface area contributed by atoms with Crippen molar-refractivity contribution >= 4 is 66.8 Å². The zero-order chi connectivity index (χ0) is 66.0. The van der Waals surface area contributed by atoms with Gasteiger partial charge in [0.1, 0.15) is 0 Å². The van der Waals surface area contributed by atoms with E-state index >= 15 is 0 Å². The Balaban J connectivity index is 0.000000502. The predicted octanol–water partition coefficient (Wildman–Crippen LogP) is 17.2. The van der Waals surface area contributed by atoms with Crippen molar-refractivity contribution in [3.8, 4) is 22.5 Å². The molecule has 0 N–H and O–H groups in total. The highest BCUT2D eigenvalue weighted by Crippen LogP contribution is 2.42. The van der Waals surface area contributed by atoms with Crippen molar-refractivity contribution in [2.75, 3.05) is 0 Å². The maximum absolute atomic E-state index is 10.7. The molecule has 94 heavy (non-hydrogen) atoms. The van der Waals surface area contributed by atoms with Crippen LogP contribution in [-0.4, -0.2) is 37.0 Å². The second-order valence-corrected chi connectivity index (χ2v) is 24.8. The van der Waals surface area contributed by atoms with E-state index in [9.17, 15) is 26.3 Å². The summed E-state index contributed by atoms with van der Waals surface area (Å²) in [6, 6.07) is 101. The number of hydrogen-bond acceptors (Lipinski definition) is 6. The van der Waals surface area contributed by atoms with E-state index in [1.807, 2.05) is 0 Å². The second kappa shape index (κ2) is 28.2. The molecule has 0 saturated heterocycles. The number of nitrogens with zero attached hydrogens (tertiary/aromatic N) is 2. The Kier molecular flexibility index (Phi) is 19.6. The quantitative estimate of drug-likeness (QED) is 0.0395. The molecule has 0 amide bonds. The molecule has 16 heteroatoms. The monoisotopic (exact) mass is 1300 g/mol. The highest BCUT2D eigenvalue weighted by molar-refractivity contribution is 7.86. The van der Waals surface area contributed by atoms with Gasteiger partial charge in [0.15, 0.2) is 33.3 Å². The summed E-state index contributed by atoms with van der Waals surface area (Å²) >= 11 is 0. The molecule has 2 aliphatic rings. The Labute approximate surface area is 541 Å². The Morgan fingerprint density at radius 3 is 0.777 bits per heavy atom. The highest BCUT2D eigenvalue weighted by Gasteiger charge is 2.38. The SMILES string of the molecule is C(=C\c1cccc2[n+]1CCc1ccc3c(c1-2)-c1cccc(/C=C/c2ccc(C(=C(c4ccccc4)c4ccccc4)c4ccccc4)cc2)[n+]1CC3)/c1ccc(C(=C(c2ccccc2)c2ccccc2)c2ccccc2)cc1.O=S(=O)([O-])C(F)(F)F.O=S(=O)([O-])C(F)(F)F. The van der Waals surface area contributed by atoms with Crippen LogP contribution in [0.3, 0.4) is 0 Å². The fourth-order valence-electron chi connectivity index (χ4n) is 11.8. The summed E-state index contributed by atoms with van der Waals surface area (Å²) in [4.78, 5) is 0. The van der Waals surface area contributed by atoms with E-state index < -0.39 is 31.3 Å². The lowest BCUT2D eigenvalue weighted by Gasteiger charge is -2.23. The summed E-state index contributed by atoms with van der Waals surface area (Å²) in [5.74, 6) is 0. The molecule has 0 spiro atoms. The third kappa shape index (κ3) is 14.9. The van der Waals surface area contributed by atoms with Crippen LogP contribution < -0.4 is 9.13 Å². The predicted molar refractivity (Wildman–Crippen MR) is 356 cm³/mol. The van der Waals surface area contributed by atoms with Gasteiger partial charge in [0.05, 0.1) is 11.1 Å². The van der Waals surface area contributed by atoms with Gasteiger partial charge in [-0.05, 0) is 113 Å². The Bertz CT molecular complexity index is 4460. The number of aromatic nitrogens is 2. The molecule has 4 heterocycles. The van der Waals surface area contributed by atoms with Crippen molar-refractivity contribution in [2.24, 2.45) is 0 Å². The summed E-state index contributed by atoms with van der Waals surface area (Å²) < 4.78 is 123. The topological polar surface area (TPSA) is 122 Å². The number of hydrogen-bond donors (Lipinski definition) is 0. The van der Waals surface area contributed by atoms with Crippen molar-refractivity contribution in [1.82, 2.24) is 0 Å². The van der Waals surface area contributed by atoms with Crippen molar-refractivity contribution in [3.63, 3.8) is 0 Å². The van der Waals surface area contributed by atoms with Crippen molar-refractivity contribution in [2.45, 2.75) is 36.9 Å². The number of aryl methyl sites for hydroxylation is 2. The first-order valence-corrected chi connectivity index (χ1v) is 32.7. The van der Waals surface area contributed by atoms with E-state index in [0.717, 1.165) is 37.1 Å². The van der Waals surface area contributed by atoms with Gasteiger partial charge < -0.3 is 9.11 Å². The van der Waals surface area contributed by atoms with Crippen LogP contribution in [0.4, 0.5) is 26.3 Å². The Morgan fingerprint density at radius 2 is 0.543 bits per heavy atom. The number of alkyl halides is 6. The molecule has 2 aliphatic heterocycles. The van der Waals surface area contributed by atoms with Crippen LogP contribution in [0, 0.1) is 0 Å². The smallest absolute Gasteiger partial charge is 0.485 e. The molecule has 9 aromatic carbocycles. The Hall–Kier alpha value is -10.4. The fourth-order valence-corrected chi connectivity index (χ4v) is 11.8. The van der Waals surface area contributed by atoms with Crippen molar-refractivity contribution in [3.05, 3.63) is 357 Å². The van der Waals surface area contributed by atoms with Gasteiger partial charge in [-0.1, -0.05) is 243 Å². The zero-order valence-corrected chi connectivity index (χ0v) is 51.8. The van der Waals surface area contributed by atoms with E-state index in [2.05, 4.69) is 312 Å². The number of halogens is 6. The molecule has 0 radical (unpaired) electrons. The highest BCUT2D eigenvalue weighted by atomic mass is 32.2. The maximum Gasteiger partial charge on any atom is 0.485 e. The third-order valence-corrected chi connectivity index (χ3v) is 17.2. The van der Waals surface area contributed by atoms with Crippen LogP contribution in [-0.2, 0) is 46.2 Å². The van der Waals surface area contributed by atoms with Crippen LogP contribution in [0.2, 0.25) is 0 Å². The van der Waals surface area contributed by atoms with E-state index in [1.54, 1.807) is 0 Å². The first kappa shape index (κ1) is 65.1. The molecule has 0 atom stereocenters. The molecule has 13 rings (SSSR count). The zero-order valence-electron chi connectivity index (χ0n) is 50.1. The molecule has 2 aromatic heterocycles. The third-order valence-electron chi connectivity index (χ3n) is 16.1. The Morgan fingerprint density at radius 1 is 0.309 bits per heavy atom. The molecule has 11 aromatic rings. The molecular formula is C78H58F6N2O6S2. The van der Waals surface area contributed by atoms with Gasteiger partial charge in [0.25, 0.3) is 0 Å². The van der Waals surface area contributed by atoms with E-state index in [4.69, 9.17) is 25.9 Å². The van der Waals surface area contributed by atoms with Crippen molar-refractivity contribution < 1.29 is 61.4 Å². The van der Waals surface area contributed by atoms with Crippen LogP contribution in [0.15, 0.2) is 279 Å². The second-order valence-electron chi connectivity index (χ2n) is 22.0. The number of fused-ring (bicyclic) bond motifs is 7. The lowest BCUT2D eigenvalue weighted by Crippen LogP contribution is -2.45.